The van der Waals surface area contributed by atoms with Crippen LogP contribution in [-0.2, 0) is 4.79 Å². The van der Waals surface area contributed by atoms with Crippen LogP contribution < -0.4 is 5.73 Å². The highest BCUT2D eigenvalue weighted by molar-refractivity contribution is 6.30. The molecule has 1 aliphatic rings. The number of anilines is 1. The molecule has 2 rings (SSSR count). The maximum Gasteiger partial charge on any atom is 0.270 e. The number of carbonyl (C=O) groups is 3. The van der Waals surface area contributed by atoms with Crippen molar-refractivity contribution in [3.05, 3.63) is 29.3 Å². The fourth-order valence-corrected chi connectivity index (χ4v) is 1.83. The van der Waals surface area contributed by atoms with E-state index in [4.69, 9.17) is 5.73 Å². The van der Waals surface area contributed by atoms with E-state index in [2.05, 4.69) is 0 Å². The number of fused-ring (bicyclic) bond motifs is 1. The number of hydrogen-bond acceptors (Lipinski definition) is 4. The minimum Gasteiger partial charge on any atom is -0.398 e. The number of carbonyl (C=O) groups excluding carboxylic acids is 3. The molecule has 94 valence electrons. The molecule has 5 heteroatoms. The number of nitrogens with zero attached hydrogens (tertiary/aromatic N) is 1. The lowest BCUT2D eigenvalue weighted by Crippen LogP contribution is -2.43. The fourth-order valence-electron chi connectivity index (χ4n) is 1.83. The topological polar surface area (TPSA) is 80.5 Å². The number of nitrogens with two attached hydrogens (primary N) is 1. The van der Waals surface area contributed by atoms with Gasteiger partial charge in [0.1, 0.15) is 0 Å². The lowest BCUT2D eigenvalue weighted by atomic mass is 9.95. The summed E-state index contributed by atoms with van der Waals surface area (Å²) in [5.41, 5.74) is 5.42. The Balaban J connectivity index is 2.54. The zero-order chi connectivity index (χ0) is 13.7. The van der Waals surface area contributed by atoms with Gasteiger partial charge < -0.3 is 5.73 Å². The van der Waals surface area contributed by atoms with Crippen molar-refractivity contribution < 1.29 is 14.4 Å². The van der Waals surface area contributed by atoms with Gasteiger partial charge in [-0.2, -0.15) is 0 Å². The van der Waals surface area contributed by atoms with Gasteiger partial charge >= 0.3 is 0 Å². The molecule has 18 heavy (non-hydrogen) atoms. The summed E-state index contributed by atoms with van der Waals surface area (Å²) >= 11 is 0. The van der Waals surface area contributed by atoms with E-state index in [9.17, 15) is 14.4 Å². The molecule has 0 radical (unpaired) electrons. The average molecular weight is 246 g/mol. The normalized spacial score (nSPS) is 14.9. The zero-order valence-corrected chi connectivity index (χ0v) is 10.5. The first-order valence-corrected chi connectivity index (χ1v) is 5.57. The molecule has 0 aromatic heterocycles. The van der Waals surface area contributed by atoms with E-state index >= 15 is 0 Å². The first-order chi connectivity index (χ1) is 8.25. The highest BCUT2D eigenvalue weighted by Gasteiger charge is 2.44. The number of imide groups is 3. The van der Waals surface area contributed by atoms with E-state index in [1.54, 1.807) is 26.8 Å². The number of benzene rings is 1. The second-order valence-electron chi connectivity index (χ2n) is 5.27. The van der Waals surface area contributed by atoms with Crippen molar-refractivity contribution in [1.82, 2.24) is 4.90 Å². The molecule has 1 aromatic rings. The van der Waals surface area contributed by atoms with Crippen molar-refractivity contribution in [3.8, 4) is 0 Å². The molecule has 0 spiro atoms. The Morgan fingerprint density at radius 1 is 1.17 bits per heavy atom. The van der Waals surface area contributed by atoms with E-state index in [0.717, 1.165) is 0 Å². The molecule has 3 amide bonds. The number of amides is 3. The van der Waals surface area contributed by atoms with E-state index in [0.29, 0.717) is 4.90 Å². The summed E-state index contributed by atoms with van der Waals surface area (Å²) in [6, 6.07) is 4.63. The monoisotopic (exact) mass is 246 g/mol. The first kappa shape index (κ1) is 12.3. The molecule has 0 saturated heterocycles. The van der Waals surface area contributed by atoms with Crippen molar-refractivity contribution >= 4 is 23.4 Å². The third kappa shape index (κ3) is 1.59. The highest BCUT2D eigenvalue weighted by Crippen LogP contribution is 2.30. The molecule has 1 heterocycles. The Morgan fingerprint density at radius 2 is 1.78 bits per heavy atom. The van der Waals surface area contributed by atoms with Crippen LogP contribution in [0, 0.1) is 5.41 Å². The SMILES string of the molecule is CC(C)(C)C(=O)N1C(=O)c2cccc(N)c2C1=O. The largest absolute Gasteiger partial charge is 0.398 e. The van der Waals surface area contributed by atoms with Crippen LogP contribution in [0.3, 0.4) is 0 Å². The number of hydrogen-bond donors (Lipinski definition) is 1. The van der Waals surface area contributed by atoms with E-state index < -0.39 is 23.1 Å². The molecular weight excluding hydrogens is 232 g/mol. The molecule has 0 saturated carbocycles. The molecule has 0 aliphatic carbocycles. The van der Waals surface area contributed by atoms with Crippen molar-refractivity contribution in [1.29, 1.82) is 0 Å². The Morgan fingerprint density at radius 3 is 2.28 bits per heavy atom. The smallest absolute Gasteiger partial charge is 0.270 e. The van der Waals surface area contributed by atoms with Crippen LogP contribution in [0.25, 0.3) is 0 Å². The summed E-state index contributed by atoms with van der Waals surface area (Å²) in [6.45, 7) is 4.96. The van der Waals surface area contributed by atoms with Crippen molar-refractivity contribution in [3.63, 3.8) is 0 Å². The summed E-state index contributed by atoms with van der Waals surface area (Å²) in [4.78, 5) is 37.0. The van der Waals surface area contributed by atoms with Crippen LogP contribution >= 0.6 is 0 Å². The molecule has 2 N–H and O–H groups in total. The quantitative estimate of drug-likeness (QED) is 0.554. The molecule has 1 aromatic carbocycles. The first-order valence-electron chi connectivity index (χ1n) is 5.57. The minimum atomic E-state index is -0.803. The van der Waals surface area contributed by atoms with Gasteiger partial charge in [0.05, 0.1) is 11.1 Å². The Kier molecular flexibility index (Phi) is 2.50. The van der Waals surface area contributed by atoms with E-state index in [1.807, 2.05) is 0 Å². The van der Waals surface area contributed by atoms with Gasteiger partial charge in [-0.25, -0.2) is 4.90 Å². The fraction of sp³-hybridized carbons (Fsp3) is 0.308. The average Bonchev–Trinajstić information content (AvgIpc) is 2.51. The second kappa shape index (κ2) is 3.66. The lowest BCUT2D eigenvalue weighted by Gasteiger charge is -2.22. The van der Waals surface area contributed by atoms with Gasteiger partial charge in [0.15, 0.2) is 0 Å². The van der Waals surface area contributed by atoms with E-state index in [1.165, 1.54) is 12.1 Å². The van der Waals surface area contributed by atoms with Crippen molar-refractivity contribution in [2.24, 2.45) is 5.41 Å². The standard InChI is InChI=1S/C13H14N2O3/c1-13(2,3)12(18)15-10(16)7-5-4-6-8(14)9(7)11(15)17/h4-6H,14H2,1-3H3. The minimum absolute atomic E-state index is 0.125. The van der Waals surface area contributed by atoms with Gasteiger partial charge in [0.25, 0.3) is 11.8 Å². The van der Waals surface area contributed by atoms with Crippen LogP contribution in [-0.4, -0.2) is 22.6 Å². The van der Waals surface area contributed by atoms with Gasteiger partial charge in [-0.1, -0.05) is 26.8 Å². The maximum atomic E-state index is 12.1. The summed E-state index contributed by atoms with van der Waals surface area (Å²) < 4.78 is 0. The summed E-state index contributed by atoms with van der Waals surface area (Å²) in [7, 11) is 0. The van der Waals surface area contributed by atoms with Crippen molar-refractivity contribution in [2.45, 2.75) is 20.8 Å². The van der Waals surface area contributed by atoms with Crippen LogP contribution in [0.5, 0.6) is 0 Å². The van der Waals surface area contributed by atoms with Crippen LogP contribution in [0.1, 0.15) is 41.5 Å². The van der Waals surface area contributed by atoms with Gasteiger partial charge in [-0.05, 0) is 12.1 Å². The van der Waals surface area contributed by atoms with Gasteiger partial charge in [-0.15, -0.1) is 0 Å². The van der Waals surface area contributed by atoms with Crippen molar-refractivity contribution in [2.75, 3.05) is 5.73 Å². The van der Waals surface area contributed by atoms with E-state index in [-0.39, 0.29) is 16.8 Å². The Labute approximate surface area is 105 Å². The predicted molar refractivity (Wildman–Crippen MR) is 65.8 cm³/mol. The summed E-state index contributed by atoms with van der Waals surface area (Å²) in [5.74, 6) is -1.75. The highest BCUT2D eigenvalue weighted by atomic mass is 16.2. The van der Waals surface area contributed by atoms with Gasteiger partial charge in [0, 0.05) is 11.1 Å². The molecule has 1 aliphatic heterocycles. The summed E-state index contributed by atoms with van der Waals surface area (Å²) in [5, 5.41) is 0. The van der Waals surface area contributed by atoms with Gasteiger partial charge in [0.2, 0.25) is 5.91 Å². The van der Waals surface area contributed by atoms with Crippen LogP contribution in [0.15, 0.2) is 18.2 Å². The Hall–Kier alpha value is -2.17. The van der Waals surface area contributed by atoms with Crippen LogP contribution in [0.4, 0.5) is 5.69 Å². The third-order valence-corrected chi connectivity index (χ3v) is 2.79. The van der Waals surface area contributed by atoms with Crippen LogP contribution in [0.2, 0.25) is 0 Å². The molecule has 0 fully saturated rings. The van der Waals surface area contributed by atoms with Gasteiger partial charge in [-0.3, -0.25) is 14.4 Å². The molecule has 5 nitrogen and oxygen atoms in total. The predicted octanol–water partition coefficient (Wildman–Crippen LogP) is 1.44. The molecular formula is C13H14N2O3. The number of rotatable bonds is 0. The number of nitrogen functional groups attached to an aromatic ring is 1. The molecule has 0 atom stereocenters. The Bertz CT molecular complexity index is 570. The second-order valence-corrected chi connectivity index (χ2v) is 5.27. The third-order valence-electron chi connectivity index (χ3n) is 2.79. The zero-order valence-electron chi connectivity index (χ0n) is 10.5. The molecule has 0 unspecified atom stereocenters. The summed E-state index contributed by atoms with van der Waals surface area (Å²) in [6.07, 6.45) is 0. The maximum absolute atomic E-state index is 12.1. The molecule has 0 bridgehead atoms. The lowest BCUT2D eigenvalue weighted by molar-refractivity contribution is -0.134.